The molecule has 0 atom stereocenters. The van der Waals surface area contributed by atoms with Crippen molar-refractivity contribution in [2.45, 2.75) is 51.0 Å². The zero-order valence-electron chi connectivity index (χ0n) is 16.9. The standard InChI is InChI=1S/C21H25N3O6/c1-14(25)22-16-7-5-15(6-8-16)17(26)13-30-18(27)9-12-24-19(28)21(23-20(24)29)10-3-2-4-11-21/h5-8H,2-4,9-13H2,1H3,(H,22,25)(H,23,29). The van der Waals surface area contributed by atoms with Crippen LogP contribution in [-0.2, 0) is 19.1 Å². The fourth-order valence-corrected chi connectivity index (χ4v) is 3.82. The molecule has 0 aromatic heterocycles. The van der Waals surface area contributed by atoms with Gasteiger partial charge in [-0.05, 0) is 37.1 Å². The third-order valence-corrected chi connectivity index (χ3v) is 5.38. The van der Waals surface area contributed by atoms with Crippen LogP contribution >= 0.6 is 0 Å². The van der Waals surface area contributed by atoms with E-state index in [0.717, 1.165) is 24.2 Å². The van der Waals surface area contributed by atoms with E-state index in [4.69, 9.17) is 4.74 Å². The quantitative estimate of drug-likeness (QED) is 0.399. The largest absolute Gasteiger partial charge is 0.457 e. The van der Waals surface area contributed by atoms with Crippen molar-refractivity contribution < 1.29 is 28.7 Å². The third-order valence-electron chi connectivity index (χ3n) is 5.38. The van der Waals surface area contributed by atoms with Gasteiger partial charge in [0.25, 0.3) is 5.91 Å². The van der Waals surface area contributed by atoms with E-state index in [-0.39, 0.29) is 24.8 Å². The number of esters is 1. The van der Waals surface area contributed by atoms with Crippen LogP contribution in [0, 0.1) is 0 Å². The molecule has 4 amide bonds. The number of benzene rings is 1. The molecular weight excluding hydrogens is 390 g/mol. The molecule has 9 heteroatoms. The Balaban J connectivity index is 1.45. The summed E-state index contributed by atoms with van der Waals surface area (Å²) in [6.45, 7) is 0.861. The molecule has 3 rings (SSSR count). The second-order valence-corrected chi connectivity index (χ2v) is 7.62. The first kappa shape index (κ1) is 21.5. The van der Waals surface area contributed by atoms with Crippen LogP contribution in [0.3, 0.4) is 0 Å². The monoisotopic (exact) mass is 415 g/mol. The number of anilines is 1. The second kappa shape index (κ2) is 9.06. The number of carbonyl (C=O) groups excluding carboxylic acids is 5. The lowest BCUT2D eigenvalue weighted by Crippen LogP contribution is -2.48. The lowest BCUT2D eigenvalue weighted by molar-refractivity contribution is -0.143. The summed E-state index contributed by atoms with van der Waals surface area (Å²) in [5, 5.41) is 5.38. The number of hydrogen-bond acceptors (Lipinski definition) is 6. The normalized spacial score (nSPS) is 17.6. The van der Waals surface area contributed by atoms with Crippen molar-refractivity contribution in [2.75, 3.05) is 18.5 Å². The molecule has 1 aliphatic heterocycles. The van der Waals surface area contributed by atoms with Crippen molar-refractivity contribution in [1.29, 1.82) is 0 Å². The second-order valence-electron chi connectivity index (χ2n) is 7.62. The van der Waals surface area contributed by atoms with Crippen molar-refractivity contribution >= 4 is 35.3 Å². The minimum absolute atomic E-state index is 0.0785. The number of imide groups is 1. The number of urea groups is 1. The molecule has 2 fully saturated rings. The maximum atomic E-state index is 12.7. The SMILES string of the molecule is CC(=O)Nc1ccc(C(=O)COC(=O)CCN2C(=O)NC3(CCCCC3)C2=O)cc1. The molecule has 1 saturated carbocycles. The number of amides is 4. The van der Waals surface area contributed by atoms with Gasteiger partial charge in [0.2, 0.25) is 5.91 Å². The summed E-state index contributed by atoms with van der Waals surface area (Å²) in [6, 6.07) is 5.73. The Morgan fingerprint density at radius 3 is 2.40 bits per heavy atom. The lowest BCUT2D eigenvalue weighted by Gasteiger charge is -2.30. The van der Waals surface area contributed by atoms with Crippen molar-refractivity contribution in [2.24, 2.45) is 0 Å². The number of ketones is 1. The summed E-state index contributed by atoms with van der Waals surface area (Å²) < 4.78 is 4.99. The molecule has 0 bridgehead atoms. The molecule has 1 aromatic carbocycles. The molecule has 2 aliphatic rings. The van der Waals surface area contributed by atoms with Gasteiger partial charge >= 0.3 is 12.0 Å². The molecule has 1 saturated heterocycles. The van der Waals surface area contributed by atoms with Crippen molar-refractivity contribution in [3.05, 3.63) is 29.8 Å². The van der Waals surface area contributed by atoms with Crippen LogP contribution in [0.4, 0.5) is 10.5 Å². The summed E-state index contributed by atoms with van der Waals surface area (Å²) in [5.74, 6) is -1.56. The van der Waals surface area contributed by atoms with Gasteiger partial charge in [-0.3, -0.25) is 24.1 Å². The number of hydrogen-bond donors (Lipinski definition) is 2. The number of nitrogens with one attached hydrogen (secondary N) is 2. The Morgan fingerprint density at radius 1 is 1.10 bits per heavy atom. The molecule has 0 unspecified atom stereocenters. The average molecular weight is 415 g/mol. The number of rotatable bonds is 7. The minimum Gasteiger partial charge on any atom is -0.457 e. The fraction of sp³-hybridized carbons (Fsp3) is 0.476. The van der Waals surface area contributed by atoms with Gasteiger partial charge in [-0.1, -0.05) is 19.3 Å². The summed E-state index contributed by atoms with van der Waals surface area (Å²) in [7, 11) is 0. The van der Waals surface area contributed by atoms with Crippen LogP contribution in [0.1, 0.15) is 55.8 Å². The Labute approximate surface area is 174 Å². The highest BCUT2D eigenvalue weighted by molar-refractivity contribution is 6.07. The van der Waals surface area contributed by atoms with Crippen LogP contribution in [0.2, 0.25) is 0 Å². The highest BCUT2D eigenvalue weighted by Crippen LogP contribution is 2.33. The van der Waals surface area contributed by atoms with E-state index in [1.165, 1.54) is 19.1 Å². The fourth-order valence-electron chi connectivity index (χ4n) is 3.82. The summed E-state index contributed by atoms with van der Waals surface area (Å²) in [4.78, 5) is 61.1. The number of nitrogens with zero attached hydrogens (tertiary/aromatic N) is 1. The molecule has 9 nitrogen and oxygen atoms in total. The van der Waals surface area contributed by atoms with Crippen LogP contribution in [-0.4, -0.2) is 53.2 Å². The first-order valence-electron chi connectivity index (χ1n) is 10.0. The van der Waals surface area contributed by atoms with Crippen LogP contribution in [0.15, 0.2) is 24.3 Å². The van der Waals surface area contributed by atoms with Crippen molar-refractivity contribution in [3.8, 4) is 0 Å². The van der Waals surface area contributed by atoms with Crippen LogP contribution < -0.4 is 10.6 Å². The van der Waals surface area contributed by atoms with Crippen LogP contribution in [0.5, 0.6) is 0 Å². The zero-order chi connectivity index (χ0) is 21.7. The van der Waals surface area contributed by atoms with Gasteiger partial charge in [-0.2, -0.15) is 0 Å². The zero-order valence-corrected chi connectivity index (χ0v) is 16.9. The van der Waals surface area contributed by atoms with Crippen molar-refractivity contribution in [3.63, 3.8) is 0 Å². The van der Waals surface area contributed by atoms with Gasteiger partial charge in [0, 0.05) is 24.7 Å². The summed E-state index contributed by atoms with van der Waals surface area (Å²) >= 11 is 0. The molecule has 160 valence electrons. The molecular formula is C21H25N3O6. The van der Waals surface area contributed by atoms with Gasteiger partial charge in [-0.25, -0.2) is 4.79 Å². The maximum absolute atomic E-state index is 12.7. The molecule has 1 heterocycles. The number of Topliss-reactive ketones (excluding diaryl/α,β-unsaturated/α-hetero) is 1. The Hall–Kier alpha value is -3.23. The van der Waals surface area contributed by atoms with E-state index in [2.05, 4.69) is 10.6 Å². The molecule has 2 N–H and O–H groups in total. The molecule has 30 heavy (non-hydrogen) atoms. The van der Waals surface area contributed by atoms with E-state index in [1.807, 2.05) is 0 Å². The Bertz CT molecular complexity index is 858. The molecule has 1 spiro atoms. The Kier molecular flexibility index (Phi) is 6.49. The van der Waals surface area contributed by atoms with Gasteiger partial charge in [0.1, 0.15) is 5.54 Å². The predicted molar refractivity (Wildman–Crippen MR) is 107 cm³/mol. The highest BCUT2D eigenvalue weighted by atomic mass is 16.5. The average Bonchev–Trinajstić information content (AvgIpc) is 2.94. The molecule has 1 aromatic rings. The number of ether oxygens (including phenoxy) is 1. The topological polar surface area (TPSA) is 122 Å². The Morgan fingerprint density at radius 2 is 1.77 bits per heavy atom. The van der Waals surface area contributed by atoms with Gasteiger partial charge in [-0.15, -0.1) is 0 Å². The maximum Gasteiger partial charge on any atom is 0.325 e. The first-order valence-corrected chi connectivity index (χ1v) is 10.0. The highest BCUT2D eigenvalue weighted by Gasteiger charge is 2.51. The third kappa shape index (κ3) is 4.84. The van der Waals surface area contributed by atoms with Crippen LogP contribution in [0.25, 0.3) is 0 Å². The van der Waals surface area contributed by atoms with E-state index in [1.54, 1.807) is 12.1 Å². The predicted octanol–water partition coefficient (Wildman–Crippen LogP) is 2.02. The molecule has 1 aliphatic carbocycles. The van der Waals surface area contributed by atoms with Gasteiger partial charge in [0.05, 0.1) is 6.42 Å². The van der Waals surface area contributed by atoms with E-state index in [0.29, 0.717) is 24.1 Å². The van der Waals surface area contributed by atoms with E-state index < -0.39 is 29.9 Å². The lowest BCUT2D eigenvalue weighted by atomic mass is 9.82. The smallest absolute Gasteiger partial charge is 0.325 e. The van der Waals surface area contributed by atoms with Gasteiger partial charge < -0.3 is 15.4 Å². The minimum atomic E-state index is -0.821. The first-order chi connectivity index (χ1) is 14.3. The van der Waals surface area contributed by atoms with Crippen molar-refractivity contribution in [1.82, 2.24) is 10.2 Å². The van der Waals surface area contributed by atoms with E-state index >= 15 is 0 Å². The molecule has 0 radical (unpaired) electrons. The summed E-state index contributed by atoms with van der Waals surface area (Å²) in [5.41, 5.74) is 0.0732. The van der Waals surface area contributed by atoms with Gasteiger partial charge in [0.15, 0.2) is 12.4 Å². The number of carbonyl (C=O) groups is 5. The van der Waals surface area contributed by atoms with E-state index in [9.17, 15) is 24.0 Å². The summed E-state index contributed by atoms with van der Waals surface area (Å²) in [6.07, 6.45) is 3.87.